The van der Waals surface area contributed by atoms with E-state index in [4.69, 9.17) is 4.74 Å². The van der Waals surface area contributed by atoms with Crippen molar-refractivity contribution in [2.24, 2.45) is 0 Å². The van der Waals surface area contributed by atoms with Crippen LogP contribution >= 0.6 is 0 Å². The quantitative estimate of drug-likeness (QED) is 0.429. The van der Waals surface area contributed by atoms with E-state index in [0.717, 1.165) is 18.4 Å². The average molecular weight is 204 g/mol. The predicted octanol–water partition coefficient (Wildman–Crippen LogP) is 1.88. The molecule has 0 radical (unpaired) electrons. The Morgan fingerprint density at radius 1 is 1.20 bits per heavy atom. The van der Waals surface area contributed by atoms with Gasteiger partial charge in [-0.25, -0.2) is 4.79 Å². The van der Waals surface area contributed by atoms with Crippen molar-refractivity contribution in [2.45, 2.75) is 25.9 Å². The number of hydrogen-bond acceptors (Lipinski definition) is 3. The van der Waals surface area contributed by atoms with E-state index in [9.17, 15) is 9.59 Å². The molecule has 1 aromatic carbocycles. The molecule has 2 rings (SSSR count). The number of rotatable bonds is 3. The van der Waals surface area contributed by atoms with Crippen LogP contribution in [0.15, 0.2) is 24.3 Å². The van der Waals surface area contributed by atoms with Crippen LogP contribution < -0.4 is 0 Å². The summed E-state index contributed by atoms with van der Waals surface area (Å²) >= 11 is 0. The predicted molar refractivity (Wildman–Crippen MR) is 54.6 cm³/mol. The third kappa shape index (κ3) is 2.43. The fourth-order valence-electron chi connectivity index (χ4n) is 1.21. The SMILES string of the molecule is Cc1ccc(C(=O)C(=O)OC2CC2)cc1. The number of hydrogen-bond donors (Lipinski definition) is 0. The van der Waals surface area contributed by atoms with Crippen LogP contribution in [-0.2, 0) is 9.53 Å². The molecule has 0 aromatic heterocycles. The van der Waals surface area contributed by atoms with Gasteiger partial charge in [-0.1, -0.05) is 29.8 Å². The zero-order valence-corrected chi connectivity index (χ0v) is 8.53. The summed E-state index contributed by atoms with van der Waals surface area (Å²) in [5.74, 6) is -1.29. The molecule has 0 atom stereocenters. The topological polar surface area (TPSA) is 43.4 Å². The van der Waals surface area contributed by atoms with Crippen molar-refractivity contribution >= 4 is 11.8 Å². The molecule has 0 aliphatic heterocycles. The van der Waals surface area contributed by atoms with Gasteiger partial charge in [-0.3, -0.25) is 4.79 Å². The first-order chi connectivity index (χ1) is 7.16. The summed E-state index contributed by atoms with van der Waals surface area (Å²) < 4.78 is 4.92. The number of ether oxygens (including phenoxy) is 1. The standard InChI is InChI=1S/C12H12O3/c1-8-2-4-9(5-3-8)11(13)12(14)15-10-6-7-10/h2-5,10H,6-7H2,1H3. The largest absolute Gasteiger partial charge is 0.456 e. The summed E-state index contributed by atoms with van der Waals surface area (Å²) in [6.45, 7) is 1.93. The molecule has 1 aliphatic carbocycles. The highest BCUT2D eigenvalue weighted by Gasteiger charge is 2.29. The molecule has 0 N–H and O–H groups in total. The highest BCUT2D eigenvalue weighted by atomic mass is 16.6. The van der Waals surface area contributed by atoms with Crippen LogP contribution in [0.1, 0.15) is 28.8 Å². The second kappa shape index (κ2) is 3.85. The minimum absolute atomic E-state index is 0.0214. The summed E-state index contributed by atoms with van der Waals surface area (Å²) in [6, 6.07) is 6.90. The van der Waals surface area contributed by atoms with E-state index in [1.54, 1.807) is 24.3 Å². The van der Waals surface area contributed by atoms with E-state index in [2.05, 4.69) is 0 Å². The number of carbonyl (C=O) groups is 2. The molecule has 3 heteroatoms. The van der Waals surface area contributed by atoms with Crippen LogP contribution in [0.5, 0.6) is 0 Å². The first-order valence-corrected chi connectivity index (χ1v) is 4.99. The second-order valence-corrected chi connectivity index (χ2v) is 3.80. The van der Waals surface area contributed by atoms with E-state index >= 15 is 0 Å². The smallest absolute Gasteiger partial charge is 0.379 e. The van der Waals surface area contributed by atoms with Crippen molar-refractivity contribution in [3.63, 3.8) is 0 Å². The fraction of sp³-hybridized carbons (Fsp3) is 0.333. The molecular weight excluding hydrogens is 192 g/mol. The summed E-state index contributed by atoms with van der Waals surface area (Å²) in [5.41, 5.74) is 1.45. The Morgan fingerprint density at radius 3 is 2.33 bits per heavy atom. The zero-order chi connectivity index (χ0) is 10.8. The fourth-order valence-corrected chi connectivity index (χ4v) is 1.21. The third-order valence-corrected chi connectivity index (χ3v) is 2.30. The van der Waals surface area contributed by atoms with E-state index < -0.39 is 11.8 Å². The van der Waals surface area contributed by atoms with Gasteiger partial charge in [0.1, 0.15) is 6.10 Å². The number of ketones is 1. The van der Waals surface area contributed by atoms with Crippen LogP contribution in [0.3, 0.4) is 0 Å². The molecule has 0 unspecified atom stereocenters. The highest BCUT2D eigenvalue weighted by molar-refractivity contribution is 6.40. The Hall–Kier alpha value is -1.64. The lowest BCUT2D eigenvalue weighted by atomic mass is 10.1. The first-order valence-electron chi connectivity index (χ1n) is 4.99. The molecule has 3 nitrogen and oxygen atoms in total. The molecule has 15 heavy (non-hydrogen) atoms. The van der Waals surface area contributed by atoms with Crippen LogP contribution in [-0.4, -0.2) is 17.9 Å². The Morgan fingerprint density at radius 2 is 1.80 bits per heavy atom. The lowest BCUT2D eigenvalue weighted by Crippen LogP contribution is -2.18. The molecule has 0 saturated heterocycles. The summed E-state index contributed by atoms with van der Waals surface area (Å²) in [7, 11) is 0. The van der Waals surface area contributed by atoms with Gasteiger partial charge in [0.25, 0.3) is 5.78 Å². The van der Waals surface area contributed by atoms with Gasteiger partial charge in [-0.05, 0) is 19.8 Å². The number of aryl methyl sites for hydroxylation is 1. The molecule has 0 bridgehead atoms. The Labute approximate surface area is 88.1 Å². The minimum atomic E-state index is -0.735. The molecule has 0 amide bonds. The van der Waals surface area contributed by atoms with Gasteiger partial charge in [0, 0.05) is 5.56 Å². The van der Waals surface area contributed by atoms with Gasteiger partial charge in [0.2, 0.25) is 0 Å². The van der Waals surface area contributed by atoms with Crippen LogP contribution in [0.2, 0.25) is 0 Å². The summed E-state index contributed by atoms with van der Waals surface area (Å²) in [4.78, 5) is 22.9. The van der Waals surface area contributed by atoms with Crippen molar-refractivity contribution < 1.29 is 14.3 Å². The van der Waals surface area contributed by atoms with Gasteiger partial charge < -0.3 is 4.74 Å². The highest BCUT2D eigenvalue weighted by Crippen LogP contribution is 2.23. The zero-order valence-electron chi connectivity index (χ0n) is 8.53. The molecular formula is C12H12O3. The molecule has 1 saturated carbocycles. The maximum atomic E-state index is 11.5. The van der Waals surface area contributed by atoms with Gasteiger partial charge in [0.05, 0.1) is 0 Å². The number of benzene rings is 1. The molecule has 1 fully saturated rings. The number of Topliss-reactive ketones (excluding diaryl/α,β-unsaturated/α-hetero) is 1. The lowest BCUT2D eigenvalue weighted by molar-refractivity contribution is -0.139. The first kappa shape index (κ1) is 9.90. The van der Waals surface area contributed by atoms with E-state index in [0.29, 0.717) is 5.56 Å². The van der Waals surface area contributed by atoms with Crippen LogP contribution in [0.25, 0.3) is 0 Å². The van der Waals surface area contributed by atoms with Gasteiger partial charge in [0.15, 0.2) is 0 Å². The van der Waals surface area contributed by atoms with Crippen molar-refractivity contribution in [3.05, 3.63) is 35.4 Å². The van der Waals surface area contributed by atoms with Crippen LogP contribution in [0, 0.1) is 6.92 Å². The van der Waals surface area contributed by atoms with E-state index in [-0.39, 0.29) is 6.10 Å². The van der Waals surface area contributed by atoms with Crippen molar-refractivity contribution in [1.29, 1.82) is 0 Å². The van der Waals surface area contributed by atoms with Gasteiger partial charge in [-0.2, -0.15) is 0 Å². The molecule has 1 aromatic rings. The van der Waals surface area contributed by atoms with Crippen molar-refractivity contribution in [2.75, 3.05) is 0 Å². The number of esters is 1. The molecule has 1 aliphatic rings. The summed E-state index contributed by atoms with van der Waals surface area (Å²) in [5, 5.41) is 0. The van der Waals surface area contributed by atoms with E-state index in [1.165, 1.54) is 0 Å². The summed E-state index contributed by atoms with van der Waals surface area (Å²) in [6.07, 6.45) is 1.74. The monoisotopic (exact) mass is 204 g/mol. The van der Waals surface area contributed by atoms with Crippen LogP contribution in [0.4, 0.5) is 0 Å². The maximum absolute atomic E-state index is 11.5. The second-order valence-electron chi connectivity index (χ2n) is 3.80. The van der Waals surface area contributed by atoms with E-state index in [1.807, 2.05) is 6.92 Å². The minimum Gasteiger partial charge on any atom is -0.456 e. The molecule has 0 spiro atoms. The Bertz CT molecular complexity index is 388. The Balaban J connectivity index is 2.05. The lowest BCUT2D eigenvalue weighted by Gasteiger charge is -2.01. The Kier molecular flexibility index (Phi) is 2.54. The van der Waals surface area contributed by atoms with Gasteiger partial charge >= 0.3 is 5.97 Å². The normalized spacial score (nSPS) is 14.7. The average Bonchev–Trinajstić information content (AvgIpc) is 3.02. The molecule has 0 heterocycles. The van der Waals surface area contributed by atoms with Crippen molar-refractivity contribution in [3.8, 4) is 0 Å². The van der Waals surface area contributed by atoms with Gasteiger partial charge in [-0.15, -0.1) is 0 Å². The number of carbonyl (C=O) groups excluding carboxylic acids is 2. The maximum Gasteiger partial charge on any atom is 0.379 e. The van der Waals surface area contributed by atoms with Crippen molar-refractivity contribution in [1.82, 2.24) is 0 Å². The molecule has 78 valence electrons. The third-order valence-electron chi connectivity index (χ3n) is 2.30.